The SMILES string of the molecule is CCN(CC(=O)NC(C)C)C(=O)C(CC(=O)O)NC(=O)OCC1c2ccccc2-c2ccccc21. The normalized spacial score (nSPS) is 12.9. The number of benzene rings is 2. The Morgan fingerprint density at radius 3 is 2.06 bits per heavy atom. The Morgan fingerprint density at radius 2 is 1.54 bits per heavy atom. The molecule has 0 saturated heterocycles. The second kappa shape index (κ2) is 11.5. The predicted octanol–water partition coefficient (Wildman–Crippen LogP) is 2.74. The van der Waals surface area contributed by atoms with Crippen molar-refractivity contribution in [1.82, 2.24) is 15.5 Å². The standard InChI is InChI=1S/C26H31N3O6/c1-4-29(14-23(30)27-16(2)3)25(33)22(13-24(31)32)28-26(34)35-15-21-19-11-7-5-9-17(19)18-10-6-8-12-20(18)21/h5-12,16,21-22H,4,13-15H2,1-3H3,(H,27,30)(H,28,34)(H,31,32). The van der Waals surface area contributed by atoms with Gasteiger partial charge in [0.25, 0.3) is 0 Å². The summed E-state index contributed by atoms with van der Waals surface area (Å²) in [4.78, 5) is 50.3. The second-order valence-corrected chi connectivity index (χ2v) is 8.69. The van der Waals surface area contributed by atoms with Crippen molar-refractivity contribution >= 4 is 23.9 Å². The molecule has 0 spiro atoms. The van der Waals surface area contributed by atoms with Gasteiger partial charge in [-0.15, -0.1) is 0 Å². The van der Waals surface area contributed by atoms with E-state index < -0.39 is 30.4 Å². The van der Waals surface area contributed by atoms with Crippen molar-refractivity contribution in [1.29, 1.82) is 0 Å². The van der Waals surface area contributed by atoms with Crippen LogP contribution in [0.3, 0.4) is 0 Å². The molecule has 0 heterocycles. The Balaban J connectivity index is 1.67. The van der Waals surface area contributed by atoms with Crippen LogP contribution in [0.2, 0.25) is 0 Å². The van der Waals surface area contributed by atoms with Crippen molar-refractivity contribution < 1.29 is 29.0 Å². The highest BCUT2D eigenvalue weighted by Gasteiger charge is 2.32. The first-order valence-corrected chi connectivity index (χ1v) is 11.6. The summed E-state index contributed by atoms with van der Waals surface area (Å²) in [7, 11) is 0. The minimum Gasteiger partial charge on any atom is -0.481 e. The predicted molar refractivity (Wildman–Crippen MR) is 130 cm³/mol. The number of rotatable bonds is 10. The highest BCUT2D eigenvalue weighted by molar-refractivity contribution is 5.92. The van der Waals surface area contributed by atoms with Crippen molar-refractivity contribution in [3.8, 4) is 11.1 Å². The van der Waals surface area contributed by atoms with Gasteiger partial charge in [-0.1, -0.05) is 48.5 Å². The summed E-state index contributed by atoms with van der Waals surface area (Å²) >= 11 is 0. The average molecular weight is 482 g/mol. The first kappa shape index (κ1) is 25.7. The maximum Gasteiger partial charge on any atom is 0.407 e. The van der Waals surface area contributed by atoms with Crippen molar-refractivity contribution in [2.75, 3.05) is 19.7 Å². The first-order valence-electron chi connectivity index (χ1n) is 11.6. The van der Waals surface area contributed by atoms with Crippen LogP contribution in [0.15, 0.2) is 48.5 Å². The molecule has 3 N–H and O–H groups in total. The number of amides is 3. The molecule has 2 aromatic rings. The number of carboxylic acids is 1. The minimum atomic E-state index is -1.37. The fourth-order valence-corrected chi connectivity index (χ4v) is 4.26. The molecule has 0 aromatic heterocycles. The van der Waals surface area contributed by atoms with Crippen LogP contribution in [0.5, 0.6) is 0 Å². The lowest BCUT2D eigenvalue weighted by Crippen LogP contribution is -2.52. The first-order chi connectivity index (χ1) is 16.7. The Morgan fingerprint density at radius 1 is 0.971 bits per heavy atom. The van der Waals surface area contributed by atoms with E-state index in [0.29, 0.717) is 0 Å². The molecule has 3 rings (SSSR count). The zero-order chi connectivity index (χ0) is 25.5. The van der Waals surface area contributed by atoms with Gasteiger partial charge < -0.3 is 25.4 Å². The van der Waals surface area contributed by atoms with Gasteiger partial charge in [0.2, 0.25) is 11.8 Å². The quantitative estimate of drug-likeness (QED) is 0.479. The molecule has 0 radical (unpaired) electrons. The number of carboxylic acid groups (broad SMARTS) is 1. The van der Waals surface area contributed by atoms with E-state index >= 15 is 0 Å². The number of carbonyl (C=O) groups is 4. The van der Waals surface area contributed by atoms with Gasteiger partial charge in [-0.3, -0.25) is 14.4 Å². The van der Waals surface area contributed by atoms with Gasteiger partial charge in [-0.05, 0) is 43.0 Å². The second-order valence-electron chi connectivity index (χ2n) is 8.69. The number of hydrogen-bond donors (Lipinski definition) is 3. The van der Waals surface area contributed by atoms with E-state index in [9.17, 15) is 24.3 Å². The Bertz CT molecular complexity index is 1050. The monoisotopic (exact) mass is 481 g/mol. The lowest BCUT2D eigenvalue weighted by atomic mass is 9.98. The molecular formula is C26H31N3O6. The lowest BCUT2D eigenvalue weighted by molar-refractivity contribution is -0.143. The molecule has 3 amide bonds. The zero-order valence-corrected chi connectivity index (χ0v) is 20.1. The summed E-state index contributed by atoms with van der Waals surface area (Å²) in [5, 5.41) is 14.4. The average Bonchev–Trinajstić information content (AvgIpc) is 3.13. The van der Waals surface area contributed by atoms with Gasteiger partial charge in [0.15, 0.2) is 0 Å². The topological polar surface area (TPSA) is 125 Å². The van der Waals surface area contributed by atoms with Crippen LogP contribution >= 0.6 is 0 Å². The fraction of sp³-hybridized carbons (Fsp3) is 0.385. The highest BCUT2D eigenvalue weighted by atomic mass is 16.5. The molecule has 1 atom stereocenters. The summed E-state index contributed by atoms with van der Waals surface area (Å²) in [6.07, 6.45) is -1.53. The number of aliphatic carboxylic acids is 1. The summed E-state index contributed by atoms with van der Waals surface area (Å²) in [5.74, 6) is -2.47. The molecule has 35 heavy (non-hydrogen) atoms. The number of nitrogens with one attached hydrogen (secondary N) is 2. The van der Waals surface area contributed by atoms with Crippen molar-refractivity contribution in [3.63, 3.8) is 0 Å². The smallest absolute Gasteiger partial charge is 0.407 e. The molecule has 1 aliphatic rings. The van der Waals surface area contributed by atoms with E-state index in [1.54, 1.807) is 20.8 Å². The molecule has 9 nitrogen and oxygen atoms in total. The zero-order valence-electron chi connectivity index (χ0n) is 20.1. The number of alkyl carbamates (subject to hydrolysis) is 1. The van der Waals surface area contributed by atoms with Crippen LogP contribution in [0, 0.1) is 0 Å². The summed E-state index contributed by atoms with van der Waals surface area (Å²) in [6, 6.07) is 14.3. The molecule has 186 valence electrons. The third kappa shape index (κ3) is 6.38. The number of hydrogen-bond acceptors (Lipinski definition) is 5. The number of carbonyl (C=O) groups excluding carboxylic acids is 3. The van der Waals surface area contributed by atoms with Gasteiger partial charge in [-0.2, -0.15) is 0 Å². The minimum absolute atomic E-state index is 0.0299. The lowest BCUT2D eigenvalue weighted by Gasteiger charge is -2.26. The van der Waals surface area contributed by atoms with Crippen LogP contribution in [0.4, 0.5) is 4.79 Å². The maximum absolute atomic E-state index is 13.0. The number of likely N-dealkylation sites (N-methyl/N-ethyl adjacent to an activating group) is 1. The van der Waals surface area contributed by atoms with Crippen LogP contribution < -0.4 is 10.6 Å². The van der Waals surface area contributed by atoms with Crippen LogP contribution in [-0.2, 0) is 19.1 Å². The summed E-state index contributed by atoms with van der Waals surface area (Å²) in [6.45, 7) is 5.22. The van der Waals surface area contributed by atoms with Crippen LogP contribution in [-0.4, -0.2) is 65.7 Å². The molecule has 9 heteroatoms. The maximum atomic E-state index is 13.0. The molecule has 0 bridgehead atoms. The largest absolute Gasteiger partial charge is 0.481 e. The number of ether oxygens (including phenoxy) is 1. The molecule has 0 saturated carbocycles. The number of nitrogens with zero attached hydrogens (tertiary/aromatic N) is 1. The number of fused-ring (bicyclic) bond motifs is 3. The van der Waals surface area contributed by atoms with E-state index in [1.165, 1.54) is 4.90 Å². The van der Waals surface area contributed by atoms with Crippen molar-refractivity contribution in [2.24, 2.45) is 0 Å². The third-order valence-corrected chi connectivity index (χ3v) is 5.79. The Hall–Kier alpha value is -3.88. The molecule has 1 aliphatic carbocycles. The Kier molecular flexibility index (Phi) is 8.46. The van der Waals surface area contributed by atoms with Gasteiger partial charge in [0.05, 0.1) is 13.0 Å². The fourth-order valence-electron chi connectivity index (χ4n) is 4.26. The van der Waals surface area contributed by atoms with Gasteiger partial charge in [-0.25, -0.2) is 4.79 Å². The van der Waals surface area contributed by atoms with E-state index in [-0.39, 0.29) is 37.6 Å². The van der Waals surface area contributed by atoms with E-state index in [4.69, 9.17) is 4.74 Å². The summed E-state index contributed by atoms with van der Waals surface area (Å²) in [5.41, 5.74) is 4.23. The van der Waals surface area contributed by atoms with E-state index in [1.807, 2.05) is 48.5 Å². The van der Waals surface area contributed by atoms with E-state index in [2.05, 4.69) is 10.6 Å². The third-order valence-electron chi connectivity index (χ3n) is 5.79. The van der Waals surface area contributed by atoms with Crippen LogP contribution in [0.1, 0.15) is 44.2 Å². The van der Waals surface area contributed by atoms with Crippen LogP contribution in [0.25, 0.3) is 11.1 Å². The Labute approximate surface area is 204 Å². The molecule has 0 aliphatic heterocycles. The van der Waals surface area contributed by atoms with Crippen molar-refractivity contribution in [3.05, 3.63) is 59.7 Å². The van der Waals surface area contributed by atoms with Crippen molar-refractivity contribution in [2.45, 2.75) is 45.2 Å². The molecule has 2 aromatic carbocycles. The van der Waals surface area contributed by atoms with Gasteiger partial charge in [0.1, 0.15) is 12.6 Å². The molecule has 0 fully saturated rings. The van der Waals surface area contributed by atoms with E-state index in [0.717, 1.165) is 22.3 Å². The molecule has 1 unspecified atom stereocenters. The molecular weight excluding hydrogens is 450 g/mol. The van der Waals surface area contributed by atoms with Gasteiger partial charge >= 0.3 is 12.1 Å². The summed E-state index contributed by atoms with van der Waals surface area (Å²) < 4.78 is 5.46. The van der Waals surface area contributed by atoms with Gasteiger partial charge in [0, 0.05) is 18.5 Å². The highest BCUT2D eigenvalue weighted by Crippen LogP contribution is 2.44.